The third-order valence-corrected chi connectivity index (χ3v) is 3.81. The van der Waals surface area contributed by atoms with Gasteiger partial charge in [0.2, 0.25) is 0 Å². The minimum atomic E-state index is -0.148. The molecular weight excluding hydrogens is 306 g/mol. The molecule has 0 saturated heterocycles. The van der Waals surface area contributed by atoms with Gasteiger partial charge in [-0.1, -0.05) is 28.9 Å². The van der Waals surface area contributed by atoms with Crippen LogP contribution in [0.25, 0.3) is 0 Å². The topological polar surface area (TPSA) is 46.9 Å². The van der Waals surface area contributed by atoms with E-state index in [0.29, 0.717) is 5.69 Å². The fourth-order valence-electron chi connectivity index (χ4n) is 1.78. The first-order valence-corrected chi connectivity index (χ1v) is 6.91. The maximum absolute atomic E-state index is 12.2. The minimum absolute atomic E-state index is 0.148. The van der Waals surface area contributed by atoms with Gasteiger partial charge in [0.1, 0.15) is 5.69 Å². The molecular formula is C14H16BrN3O. The van der Waals surface area contributed by atoms with Crippen molar-refractivity contribution in [1.82, 2.24) is 9.78 Å². The van der Waals surface area contributed by atoms with Crippen LogP contribution in [0.1, 0.15) is 28.7 Å². The average molecular weight is 322 g/mol. The number of aromatic nitrogens is 2. The van der Waals surface area contributed by atoms with Crippen LogP contribution in [0.3, 0.4) is 0 Å². The van der Waals surface area contributed by atoms with Crippen LogP contribution in [0.15, 0.2) is 28.7 Å². The SMILES string of the molecule is CCc1cc(C(=O)Nc2ccc(C)c(Br)c2)n(C)n1. The molecule has 0 aliphatic heterocycles. The summed E-state index contributed by atoms with van der Waals surface area (Å²) in [6.07, 6.45) is 0.817. The van der Waals surface area contributed by atoms with E-state index in [4.69, 9.17) is 0 Å². The van der Waals surface area contributed by atoms with E-state index in [2.05, 4.69) is 26.3 Å². The van der Waals surface area contributed by atoms with Gasteiger partial charge in [-0.2, -0.15) is 5.10 Å². The number of benzene rings is 1. The van der Waals surface area contributed by atoms with Gasteiger partial charge in [-0.05, 0) is 37.1 Å². The summed E-state index contributed by atoms with van der Waals surface area (Å²) in [6, 6.07) is 7.55. The van der Waals surface area contributed by atoms with Gasteiger partial charge in [-0.25, -0.2) is 0 Å². The number of nitrogens with one attached hydrogen (secondary N) is 1. The van der Waals surface area contributed by atoms with Gasteiger partial charge in [-0.15, -0.1) is 0 Å². The highest BCUT2D eigenvalue weighted by atomic mass is 79.9. The molecule has 1 amide bonds. The molecule has 4 nitrogen and oxygen atoms in total. The highest BCUT2D eigenvalue weighted by molar-refractivity contribution is 9.10. The van der Waals surface area contributed by atoms with Gasteiger partial charge in [-0.3, -0.25) is 9.48 Å². The van der Waals surface area contributed by atoms with Crippen molar-refractivity contribution < 1.29 is 4.79 Å². The van der Waals surface area contributed by atoms with E-state index in [-0.39, 0.29) is 5.91 Å². The quantitative estimate of drug-likeness (QED) is 0.942. The molecule has 0 saturated carbocycles. The lowest BCUT2D eigenvalue weighted by Gasteiger charge is -2.07. The summed E-state index contributed by atoms with van der Waals surface area (Å²) in [4.78, 5) is 12.2. The number of halogens is 1. The van der Waals surface area contributed by atoms with Crippen LogP contribution in [-0.2, 0) is 13.5 Å². The summed E-state index contributed by atoms with van der Waals surface area (Å²) in [5, 5.41) is 7.14. The molecule has 0 aliphatic rings. The summed E-state index contributed by atoms with van der Waals surface area (Å²) >= 11 is 3.45. The van der Waals surface area contributed by atoms with Gasteiger partial charge in [0.05, 0.1) is 5.69 Å². The normalized spacial score (nSPS) is 10.5. The zero-order chi connectivity index (χ0) is 14.0. The number of carbonyl (C=O) groups is 1. The standard InChI is InChI=1S/C14H16BrN3O/c1-4-10-8-13(18(3)17-10)14(19)16-11-6-5-9(2)12(15)7-11/h5-8H,4H2,1-3H3,(H,16,19). The van der Waals surface area contributed by atoms with Crippen molar-refractivity contribution in [3.05, 3.63) is 45.7 Å². The third kappa shape index (κ3) is 3.04. The van der Waals surface area contributed by atoms with Crippen molar-refractivity contribution in [2.75, 3.05) is 5.32 Å². The van der Waals surface area contributed by atoms with Crippen LogP contribution in [-0.4, -0.2) is 15.7 Å². The Morgan fingerprint density at radius 1 is 1.42 bits per heavy atom. The van der Waals surface area contributed by atoms with Crippen molar-refractivity contribution >= 4 is 27.5 Å². The predicted molar refractivity (Wildman–Crippen MR) is 79.4 cm³/mol. The van der Waals surface area contributed by atoms with Crippen LogP contribution in [0, 0.1) is 6.92 Å². The summed E-state index contributed by atoms with van der Waals surface area (Å²) < 4.78 is 2.58. The Balaban J connectivity index is 2.20. The molecule has 2 rings (SSSR count). The van der Waals surface area contributed by atoms with Crippen molar-refractivity contribution in [3.8, 4) is 0 Å². The molecule has 0 fully saturated rings. The van der Waals surface area contributed by atoms with Crippen molar-refractivity contribution in [3.63, 3.8) is 0 Å². The highest BCUT2D eigenvalue weighted by Crippen LogP contribution is 2.21. The number of rotatable bonds is 3. The fraction of sp³-hybridized carbons (Fsp3) is 0.286. The first-order valence-electron chi connectivity index (χ1n) is 6.11. The second kappa shape index (κ2) is 5.57. The van der Waals surface area contributed by atoms with Crippen LogP contribution in [0.5, 0.6) is 0 Å². The van der Waals surface area contributed by atoms with E-state index in [9.17, 15) is 4.79 Å². The summed E-state index contributed by atoms with van der Waals surface area (Å²) in [6.45, 7) is 4.02. The van der Waals surface area contributed by atoms with Crippen molar-refractivity contribution in [2.45, 2.75) is 20.3 Å². The Bertz CT molecular complexity index is 619. The van der Waals surface area contributed by atoms with E-state index in [1.807, 2.05) is 38.1 Å². The number of anilines is 1. The van der Waals surface area contributed by atoms with Crippen molar-refractivity contribution in [1.29, 1.82) is 0 Å². The summed E-state index contributed by atoms with van der Waals surface area (Å²) in [5.41, 5.74) is 3.37. The van der Waals surface area contributed by atoms with E-state index in [1.54, 1.807) is 11.7 Å². The van der Waals surface area contributed by atoms with E-state index in [1.165, 1.54) is 0 Å². The molecule has 0 aliphatic carbocycles. The van der Waals surface area contributed by atoms with Crippen molar-refractivity contribution in [2.24, 2.45) is 7.05 Å². The maximum atomic E-state index is 12.2. The van der Waals surface area contributed by atoms with Crippen LogP contribution >= 0.6 is 15.9 Å². The monoisotopic (exact) mass is 321 g/mol. The minimum Gasteiger partial charge on any atom is -0.321 e. The number of amides is 1. The molecule has 2 aromatic rings. The maximum Gasteiger partial charge on any atom is 0.273 e. The lowest BCUT2D eigenvalue weighted by Crippen LogP contribution is -2.16. The zero-order valence-electron chi connectivity index (χ0n) is 11.2. The number of carbonyl (C=O) groups excluding carboxylic acids is 1. The number of aryl methyl sites for hydroxylation is 3. The average Bonchev–Trinajstić information content (AvgIpc) is 2.75. The molecule has 0 spiro atoms. The lowest BCUT2D eigenvalue weighted by molar-refractivity contribution is 0.101. The van der Waals surface area contributed by atoms with Gasteiger partial charge >= 0.3 is 0 Å². The van der Waals surface area contributed by atoms with Gasteiger partial charge in [0, 0.05) is 17.2 Å². The summed E-state index contributed by atoms with van der Waals surface area (Å²) in [7, 11) is 1.78. The van der Waals surface area contributed by atoms with Gasteiger partial charge < -0.3 is 5.32 Å². The van der Waals surface area contributed by atoms with E-state index in [0.717, 1.165) is 27.8 Å². The Hall–Kier alpha value is -1.62. The summed E-state index contributed by atoms with van der Waals surface area (Å²) in [5.74, 6) is -0.148. The molecule has 1 aromatic carbocycles. The molecule has 19 heavy (non-hydrogen) atoms. The molecule has 0 radical (unpaired) electrons. The number of hydrogen-bond donors (Lipinski definition) is 1. The molecule has 100 valence electrons. The molecule has 1 N–H and O–H groups in total. The second-order valence-corrected chi connectivity index (χ2v) is 5.27. The highest BCUT2D eigenvalue weighted by Gasteiger charge is 2.13. The number of nitrogens with zero attached hydrogens (tertiary/aromatic N) is 2. The first-order chi connectivity index (χ1) is 9.01. The zero-order valence-corrected chi connectivity index (χ0v) is 12.8. The van der Waals surface area contributed by atoms with Gasteiger partial charge in [0.15, 0.2) is 0 Å². The Morgan fingerprint density at radius 2 is 2.16 bits per heavy atom. The van der Waals surface area contributed by atoms with Crippen LogP contribution in [0.2, 0.25) is 0 Å². The van der Waals surface area contributed by atoms with Gasteiger partial charge in [0.25, 0.3) is 5.91 Å². The molecule has 1 heterocycles. The molecule has 0 atom stereocenters. The van der Waals surface area contributed by atoms with E-state index >= 15 is 0 Å². The molecule has 0 bridgehead atoms. The molecule has 0 unspecified atom stereocenters. The van der Waals surface area contributed by atoms with Crippen LogP contribution in [0.4, 0.5) is 5.69 Å². The molecule has 1 aromatic heterocycles. The Kier molecular flexibility index (Phi) is 4.04. The lowest BCUT2D eigenvalue weighted by atomic mass is 10.2. The Labute approximate surface area is 120 Å². The van der Waals surface area contributed by atoms with E-state index < -0.39 is 0 Å². The Morgan fingerprint density at radius 3 is 2.74 bits per heavy atom. The second-order valence-electron chi connectivity index (χ2n) is 4.42. The largest absolute Gasteiger partial charge is 0.321 e. The predicted octanol–water partition coefficient (Wildman–Crippen LogP) is 3.31. The third-order valence-electron chi connectivity index (χ3n) is 2.95. The first kappa shape index (κ1) is 13.8. The fourth-order valence-corrected chi connectivity index (χ4v) is 2.16. The smallest absolute Gasteiger partial charge is 0.273 e. The number of hydrogen-bond acceptors (Lipinski definition) is 2. The molecule has 5 heteroatoms. The van der Waals surface area contributed by atoms with Crippen LogP contribution < -0.4 is 5.32 Å².